The lowest BCUT2D eigenvalue weighted by atomic mass is 10.2. The number of unbranched alkanes of at least 4 members (excludes halogenated alkanes) is 1. The van der Waals surface area contributed by atoms with E-state index in [1.807, 2.05) is 11.3 Å². The van der Waals surface area contributed by atoms with E-state index in [-0.39, 0.29) is 5.82 Å². The van der Waals surface area contributed by atoms with E-state index in [9.17, 15) is 4.39 Å². The molecule has 2 heterocycles. The highest BCUT2D eigenvalue weighted by Crippen LogP contribution is 2.32. The van der Waals surface area contributed by atoms with Crippen molar-refractivity contribution in [1.82, 2.24) is 4.90 Å². The summed E-state index contributed by atoms with van der Waals surface area (Å²) in [6, 6.07) is 13.0. The van der Waals surface area contributed by atoms with E-state index < -0.39 is 0 Å². The highest BCUT2D eigenvalue weighted by atomic mass is 35.5. The first-order valence-electron chi connectivity index (χ1n) is 9.72. The van der Waals surface area contributed by atoms with Crippen molar-refractivity contribution >= 4 is 38.7 Å². The summed E-state index contributed by atoms with van der Waals surface area (Å²) in [4.78, 5) is 5.03. The Balaban J connectivity index is 1.18. The molecule has 0 unspecified atom stereocenters. The maximum absolute atomic E-state index is 13.0. The Bertz CT molecular complexity index is 924. The van der Waals surface area contributed by atoms with E-state index in [0.717, 1.165) is 45.6 Å². The van der Waals surface area contributed by atoms with Gasteiger partial charge in [0.1, 0.15) is 11.6 Å². The number of ether oxygens (including phenoxy) is 1. The molecule has 0 saturated carbocycles. The van der Waals surface area contributed by atoms with Gasteiger partial charge in [-0.25, -0.2) is 4.39 Å². The molecular formula is C22H24ClFN2OS. The molecule has 0 amide bonds. The molecule has 2 aromatic carbocycles. The van der Waals surface area contributed by atoms with Crippen molar-refractivity contribution in [2.45, 2.75) is 12.8 Å². The average molecular weight is 419 g/mol. The number of benzene rings is 2. The summed E-state index contributed by atoms with van der Waals surface area (Å²) in [6.07, 6.45) is 2.04. The van der Waals surface area contributed by atoms with Gasteiger partial charge in [0.05, 0.1) is 22.0 Å². The molecule has 0 atom stereocenters. The van der Waals surface area contributed by atoms with Crippen molar-refractivity contribution in [3.8, 4) is 5.75 Å². The zero-order chi connectivity index (χ0) is 19.3. The molecule has 3 nitrogen and oxygen atoms in total. The minimum absolute atomic E-state index is 0.330. The predicted octanol–water partition coefficient (Wildman–Crippen LogP) is 5.68. The molecule has 0 aliphatic carbocycles. The smallest absolute Gasteiger partial charge is 0.138 e. The molecule has 0 bridgehead atoms. The lowest BCUT2D eigenvalue weighted by molar-refractivity contribution is 0.239. The third kappa shape index (κ3) is 4.59. The molecule has 0 spiro atoms. The van der Waals surface area contributed by atoms with Crippen molar-refractivity contribution in [3.05, 3.63) is 58.7 Å². The standard InChI is InChI=1S/C22H24ClFN2OS/c23-19-16-18(24)6-7-21(19)27-14-2-1-9-25-10-12-26(13-11-25)20-5-3-4-17-8-15-28-22(17)20/h3-8,15-16H,1-2,9-14H2. The van der Waals surface area contributed by atoms with Crippen LogP contribution in [0.15, 0.2) is 47.8 Å². The van der Waals surface area contributed by atoms with Gasteiger partial charge in [0.25, 0.3) is 0 Å². The molecule has 148 valence electrons. The first kappa shape index (κ1) is 19.5. The lowest BCUT2D eigenvalue weighted by Crippen LogP contribution is -2.46. The van der Waals surface area contributed by atoms with Gasteiger partial charge in [-0.1, -0.05) is 23.7 Å². The number of fused-ring (bicyclic) bond motifs is 1. The van der Waals surface area contributed by atoms with Crippen molar-refractivity contribution < 1.29 is 9.13 Å². The van der Waals surface area contributed by atoms with Crippen LogP contribution in [0.1, 0.15) is 12.8 Å². The van der Waals surface area contributed by atoms with Gasteiger partial charge >= 0.3 is 0 Å². The van der Waals surface area contributed by atoms with Crippen molar-refractivity contribution in [1.29, 1.82) is 0 Å². The van der Waals surface area contributed by atoms with Gasteiger partial charge in [-0.15, -0.1) is 11.3 Å². The quantitative estimate of drug-likeness (QED) is 0.459. The van der Waals surface area contributed by atoms with Gasteiger partial charge < -0.3 is 9.64 Å². The minimum atomic E-state index is -0.341. The fourth-order valence-corrected chi connectivity index (χ4v) is 4.81. The fraction of sp³-hybridized carbons (Fsp3) is 0.364. The maximum Gasteiger partial charge on any atom is 0.138 e. The van der Waals surface area contributed by atoms with Crippen molar-refractivity contribution in [2.75, 3.05) is 44.2 Å². The summed E-state index contributed by atoms with van der Waals surface area (Å²) < 4.78 is 20.1. The topological polar surface area (TPSA) is 15.7 Å². The van der Waals surface area contributed by atoms with E-state index in [0.29, 0.717) is 17.4 Å². The summed E-state index contributed by atoms with van der Waals surface area (Å²) in [5.74, 6) is 0.214. The number of thiophene rings is 1. The Morgan fingerprint density at radius 3 is 2.71 bits per heavy atom. The Morgan fingerprint density at radius 1 is 1.04 bits per heavy atom. The van der Waals surface area contributed by atoms with E-state index in [1.54, 1.807) is 6.07 Å². The van der Waals surface area contributed by atoms with Crippen LogP contribution in [-0.2, 0) is 0 Å². The number of hydrogen-bond donors (Lipinski definition) is 0. The summed E-state index contributed by atoms with van der Waals surface area (Å²) in [5, 5.41) is 3.84. The molecule has 6 heteroatoms. The van der Waals surface area contributed by atoms with E-state index in [4.69, 9.17) is 16.3 Å². The predicted molar refractivity (Wildman–Crippen MR) is 117 cm³/mol. The molecule has 1 aliphatic heterocycles. The van der Waals surface area contributed by atoms with Crippen LogP contribution >= 0.6 is 22.9 Å². The van der Waals surface area contributed by atoms with Gasteiger partial charge in [-0.05, 0) is 60.5 Å². The van der Waals surface area contributed by atoms with Crippen LogP contribution in [0.4, 0.5) is 10.1 Å². The second-order valence-electron chi connectivity index (χ2n) is 7.08. The summed E-state index contributed by atoms with van der Waals surface area (Å²) >= 11 is 7.81. The Labute approximate surface area is 174 Å². The zero-order valence-electron chi connectivity index (χ0n) is 15.7. The number of rotatable bonds is 7. The van der Waals surface area contributed by atoms with E-state index in [2.05, 4.69) is 39.4 Å². The highest BCUT2D eigenvalue weighted by Gasteiger charge is 2.18. The first-order chi connectivity index (χ1) is 13.7. The number of nitrogens with zero attached hydrogens (tertiary/aromatic N) is 2. The summed E-state index contributed by atoms with van der Waals surface area (Å²) in [5.41, 5.74) is 1.37. The van der Waals surface area contributed by atoms with Crippen molar-refractivity contribution in [3.63, 3.8) is 0 Å². The lowest BCUT2D eigenvalue weighted by Gasteiger charge is -2.36. The largest absolute Gasteiger partial charge is 0.492 e. The molecule has 4 rings (SSSR count). The molecule has 28 heavy (non-hydrogen) atoms. The monoisotopic (exact) mass is 418 g/mol. The third-order valence-electron chi connectivity index (χ3n) is 5.19. The normalized spacial score (nSPS) is 15.3. The zero-order valence-corrected chi connectivity index (χ0v) is 17.3. The molecule has 1 aliphatic rings. The SMILES string of the molecule is Fc1ccc(OCCCCN2CCN(c3cccc4ccsc34)CC2)c(Cl)c1. The van der Waals surface area contributed by atoms with E-state index >= 15 is 0 Å². The van der Waals surface area contributed by atoms with Gasteiger partial charge in [-0.3, -0.25) is 4.90 Å². The number of piperazine rings is 1. The summed E-state index contributed by atoms with van der Waals surface area (Å²) in [6.45, 7) is 6.00. The fourth-order valence-electron chi connectivity index (χ4n) is 3.65. The molecule has 1 fully saturated rings. The molecule has 0 radical (unpaired) electrons. The Kier molecular flexibility index (Phi) is 6.35. The van der Waals surface area contributed by atoms with Crippen LogP contribution in [-0.4, -0.2) is 44.2 Å². The van der Waals surface area contributed by atoms with Gasteiger partial charge in [0.2, 0.25) is 0 Å². The second-order valence-corrected chi connectivity index (χ2v) is 8.40. The number of halogens is 2. The summed E-state index contributed by atoms with van der Waals surface area (Å²) in [7, 11) is 0. The first-order valence-corrected chi connectivity index (χ1v) is 11.0. The van der Waals surface area contributed by atoms with Crippen LogP contribution < -0.4 is 9.64 Å². The Hall–Kier alpha value is -1.82. The van der Waals surface area contributed by atoms with Crippen LogP contribution in [0.3, 0.4) is 0 Å². The number of anilines is 1. The second kappa shape index (κ2) is 9.12. The van der Waals surface area contributed by atoms with Crippen molar-refractivity contribution in [2.24, 2.45) is 0 Å². The van der Waals surface area contributed by atoms with Crippen LogP contribution in [0.25, 0.3) is 10.1 Å². The maximum atomic E-state index is 13.0. The van der Waals surface area contributed by atoms with Crippen LogP contribution in [0.5, 0.6) is 5.75 Å². The number of hydrogen-bond acceptors (Lipinski definition) is 4. The molecule has 0 N–H and O–H groups in total. The third-order valence-corrected chi connectivity index (χ3v) is 6.44. The van der Waals surface area contributed by atoms with Gasteiger partial charge in [-0.2, -0.15) is 0 Å². The minimum Gasteiger partial charge on any atom is -0.492 e. The van der Waals surface area contributed by atoms with E-state index in [1.165, 1.54) is 27.9 Å². The van der Waals surface area contributed by atoms with Crippen LogP contribution in [0.2, 0.25) is 5.02 Å². The van der Waals surface area contributed by atoms with Crippen LogP contribution in [0, 0.1) is 5.82 Å². The highest BCUT2D eigenvalue weighted by molar-refractivity contribution is 7.17. The molecular weight excluding hydrogens is 395 g/mol. The van der Waals surface area contributed by atoms with Gasteiger partial charge in [0, 0.05) is 26.2 Å². The Morgan fingerprint density at radius 2 is 1.89 bits per heavy atom. The average Bonchev–Trinajstić information content (AvgIpc) is 3.19. The van der Waals surface area contributed by atoms with Gasteiger partial charge in [0.15, 0.2) is 0 Å². The molecule has 1 aromatic heterocycles. The molecule has 1 saturated heterocycles. The molecule has 3 aromatic rings.